The van der Waals surface area contributed by atoms with E-state index in [-0.39, 0.29) is 5.54 Å². The van der Waals surface area contributed by atoms with Crippen LogP contribution in [0.4, 0.5) is 0 Å². The Morgan fingerprint density at radius 3 is 2.57 bits per heavy atom. The fourth-order valence-corrected chi connectivity index (χ4v) is 1.23. The predicted octanol–water partition coefficient (Wildman–Crippen LogP) is 2.99. The van der Waals surface area contributed by atoms with E-state index in [4.69, 9.17) is 5.73 Å². The summed E-state index contributed by atoms with van der Waals surface area (Å²) in [4.78, 5) is 0. The normalized spacial score (nSPS) is 15.3. The highest BCUT2D eigenvalue weighted by Gasteiger charge is 2.10. The highest BCUT2D eigenvalue weighted by atomic mass is 14.7. The molecule has 1 rings (SSSR count). The number of hydrogen-bond donors (Lipinski definition) is 1. The lowest BCUT2D eigenvalue weighted by atomic mass is 9.98. The summed E-state index contributed by atoms with van der Waals surface area (Å²) in [5.74, 6) is 0. The molecule has 0 aliphatic carbocycles. The molecule has 0 aliphatic heterocycles. The lowest BCUT2D eigenvalue weighted by molar-refractivity contribution is 0.598. The molecule has 1 nitrogen and oxygen atoms in total. The van der Waals surface area contributed by atoms with Crippen molar-refractivity contribution in [3.8, 4) is 0 Å². The lowest BCUT2D eigenvalue weighted by Gasteiger charge is -2.17. The Hall–Kier alpha value is -1.34. The molecule has 1 unspecified atom stereocenters. The van der Waals surface area contributed by atoms with Crippen LogP contribution in [0.2, 0.25) is 0 Å². The van der Waals surface area contributed by atoms with Gasteiger partial charge in [-0.25, -0.2) is 0 Å². The first kappa shape index (κ1) is 10.7. The number of rotatable bonds is 4. The minimum atomic E-state index is -0.294. The molecule has 2 N–H and O–H groups in total. The summed E-state index contributed by atoms with van der Waals surface area (Å²) in [5.41, 5.74) is 6.90. The Labute approximate surface area is 85.9 Å². The summed E-state index contributed by atoms with van der Waals surface area (Å²) >= 11 is 0. The van der Waals surface area contributed by atoms with Crippen molar-refractivity contribution in [1.29, 1.82) is 0 Å². The first-order valence-corrected chi connectivity index (χ1v) is 4.78. The zero-order chi connectivity index (χ0) is 10.4. The zero-order valence-corrected chi connectivity index (χ0v) is 8.61. The summed E-state index contributed by atoms with van der Waals surface area (Å²) in [6.45, 7) is 5.68. The van der Waals surface area contributed by atoms with E-state index in [2.05, 4.69) is 18.7 Å². The van der Waals surface area contributed by atoms with E-state index < -0.39 is 0 Å². The van der Waals surface area contributed by atoms with Crippen molar-refractivity contribution in [2.24, 2.45) is 5.73 Å². The Morgan fingerprint density at radius 2 is 2.00 bits per heavy atom. The highest BCUT2D eigenvalue weighted by Crippen LogP contribution is 2.11. The van der Waals surface area contributed by atoms with E-state index in [0.29, 0.717) is 0 Å². The molecule has 1 aromatic carbocycles. The largest absolute Gasteiger partial charge is 0.322 e. The average molecular weight is 187 g/mol. The number of nitrogens with two attached hydrogens (primary N) is 1. The second kappa shape index (κ2) is 4.77. The van der Waals surface area contributed by atoms with E-state index in [1.165, 1.54) is 5.56 Å². The van der Waals surface area contributed by atoms with Crippen LogP contribution >= 0.6 is 0 Å². The van der Waals surface area contributed by atoms with E-state index in [0.717, 1.165) is 6.42 Å². The third kappa shape index (κ3) is 3.58. The van der Waals surface area contributed by atoms with Crippen LogP contribution in [0.1, 0.15) is 18.9 Å². The van der Waals surface area contributed by atoms with Gasteiger partial charge in [0.05, 0.1) is 0 Å². The fourth-order valence-electron chi connectivity index (χ4n) is 1.23. The van der Waals surface area contributed by atoms with E-state index in [1.807, 2.05) is 43.4 Å². The van der Waals surface area contributed by atoms with Gasteiger partial charge in [0.2, 0.25) is 0 Å². The van der Waals surface area contributed by atoms with Crippen LogP contribution in [0.25, 0.3) is 6.08 Å². The van der Waals surface area contributed by atoms with Crippen LogP contribution in [-0.2, 0) is 0 Å². The van der Waals surface area contributed by atoms with Crippen molar-refractivity contribution in [3.05, 3.63) is 54.6 Å². The molecule has 74 valence electrons. The van der Waals surface area contributed by atoms with Crippen LogP contribution in [-0.4, -0.2) is 5.54 Å². The van der Waals surface area contributed by atoms with Gasteiger partial charge >= 0.3 is 0 Å². The molecule has 0 saturated carbocycles. The third-order valence-electron chi connectivity index (χ3n) is 2.04. The molecule has 1 atom stereocenters. The van der Waals surface area contributed by atoms with E-state index in [1.54, 1.807) is 0 Å². The van der Waals surface area contributed by atoms with Gasteiger partial charge in [0.1, 0.15) is 0 Å². The molecule has 0 amide bonds. The second-order valence-corrected chi connectivity index (χ2v) is 3.74. The molecule has 0 spiro atoms. The predicted molar refractivity (Wildman–Crippen MR) is 62.9 cm³/mol. The average Bonchev–Trinajstić information content (AvgIpc) is 2.17. The summed E-state index contributed by atoms with van der Waals surface area (Å²) in [6, 6.07) is 10.1. The Morgan fingerprint density at radius 1 is 1.36 bits per heavy atom. The molecule has 1 heteroatoms. The molecule has 0 fully saturated rings. The van der Waals surface area contributed by atoms with Crippen molar-refractivity contribution < 1.29 is 0 Å². The monoisotopic (exact) mass is 187 g/mol. The first-order chi connectivity index (χ1) is 6.64. The number of hydrogen-bond acceptors (Lipinski definition) is 1. The van der Waals surface area contributed by atoms with Crippen molar-refractivity contribution in [2.45, 2.75) is 18.9 Å². The molecule has 14 heavy (non-hydrogen) atoms. The van der Waals surface area contributed by atoms with Gasteiger partial charge in [0.25, 0.3) is 0 Å². The van der Waals surface area contributed by atoms with Gasteiger partial charge in [0.15, 0.2) is 0 Å². The van der Waals surface area contributed by atoms with Crippen LogP contribution < -0.4 is 5.73 Å². The van der Waals surface area contributed by atoms with Gasteiger partial charge in [-0.3, -0.25) is 0 Å². The second-order valence-electron chi connectivity index (χ2n) is 3.74. The molecule has 1 aromatic rings. The van der Waals surface area contributed by atoms with Crippen LogP contribution in [0.15, 0.2) is 49.1 Å². The van der Waals surface area contributed by atoms with Gasteiger partial charge in [-0.05, 0) is 18.9 Å². The zero-order valence-electron chi connectivity index (χ0n) is 8.61. The van der Waals surface area contributed by atoms with Gasteiger partial charge in [-0.1, -0.05) is 48.6 Å². The standard InChI is InChI=1S/C13H17N/c1-3-10-13(2,14)11-9-12-7-5-4-6-8-12/h3-9,11H,1,10,14H2,2H3. The van der Waals surface area contributed by atoms with E-state index >= 15 is 0 Å². The van der Waals surface area contributed by atoms with Gasteiger partial charge in [-0.2, -0.15) is 0 Å². The minimum absolute atomic E-state index is 0.294. The Bertz CT molecular complexity index is 309. The summed E-state index contributed by atoms with van der Waals surface area (Å²) < 4.78 is 0. The molecular formula is C13H17N. The fraction of sp³-hybridized carbons (Fsp3) is 0.231. The molecule has 0 heterocycles. The van der Waals surface area contributed by atoms with Crippen molar-refractivity contribution in [3.63, 3.8) is 0 Å². The van der Waals surface area contributed by atoms with Gasteiger partial charge in [-0.15, -0.1) is 6.58 Å². The molecule has 0 radical (unpaired) electrons. The van der Waals surface area contributed by atoms with Crippen molar-refractivity contribution in [1.82, 2.24) is 0 Å². The maximum atomic E-state index is 6.02. The van der Waals surface area contributed by atoms with Gasteiger partial charge in [0, 0.05) is 5.54 Å². The van der Waals surface area contributed by atoms with Crippen LogP contribution in [0.5, 0.6) is 0 Å². The molecular weight excluding hydrogens is 170 g/mol. The van der Waals surface area contributed by atoms with E-state index in [9.17, 15) is 0 Å². The molecule has 0 bridgehead atoms. The summed E-state index contributed by atoms with van der Waals surface area (Å²) in [6.07, 6.45) is 6.69. The Balaban J connectivity index is 2.68. The minimum Gasteiger partial charge on any atom is -0.322 e. The van der Waals surface area contributed by atoms with Crippen molar-refractivity contribution >= 4 is 6.08 Å². The number of benzene rings is 1. The topological polar surface area (TPSA) is 26.0 Å². The molecule has 0 saturated heterocycles. The van der Waals surface area contributed by atoms with Crippen molar-refractivity contribution in [2.75, 3.05) is 0 Å². The molecule has 0 aromatic heterocycles. The maximum Gasteiger partial charge on any atom is 0.0348 e. The SMILES string of the molecule is C=CCC(C)(N)C=Cc1ccccc1. The smallest absolute Gasteiger partial charge is 0.0348 e. The quantitative estimate of drug-likeness (QED) is 0.720. The lowest BCUT2D eigenvalue weighted by Crippen LogP contribution is -2.32. The summed E-state index contributed by atoms with van der Waals surface area (Å²) in [5, 5.41) is 0. The first-order valence-electron chi connectivity index (χ1n) is 4.78. The molecule has 0 aliphatic rings. The maximum absolute atomic E-state index is 6.02. The Kier molecular flexibility index (Phi) is 3.66. The highest BCUT2D eigenvalue weighted by molar-refractivity contribution is 5.50. The third-order valence-corrected chi connectivity index (χ3v) is 2.04. The van der Waals surface area contributed by atoms with Crippen LogP contribution in [0, 0.1) is 0 Å². The van der Waals surface area contributed by atoms with Gasteiger partial charge < -0.3 is 5.73 Å². The summed E-state index contributed by atoms with van der Waals surface area (Å²) in [7, 11) is 0. The van der Waals surface area contributed by atoms with Crippen LogP contribution in [0.3, 0.4) is 0 Å².